The molecule has 0 fully saturated rings. The van der Waals surface area contributed by atoms with Crippen molar-refractivity contribution in [3.05, 3.63) is 89.0 Å². The van der Waals surface area contributed by atoms with Gasteiger partial charge >= 0.3 is 12.1 Å². The summed E-state index contributed by atoms with van der Waals surface area (Å²) in [6.45, 7) is -0.107. The summed E-state index contributed by atoms with van der Waals surface area (Å²) in [7, 11) is 3.14. The Balaban J connectivity index is 1.88. The average molecular weight is 546 g/mol. The zero-order chi connectivity index (χ0) is 28.3. The second kappa shape index (κ2) is 14.1. The summed E-state index contributed by atoms with van der Waals surface area (Å²) >= 11 is 0. The molecule has 0 aliphatic carbocycles. The minimum atomic E-state index is -4.98. The highest BCUT2D eigenvalue weighted by molar-refractivity contribution is 5.81. The summed E-state index contributed by atoms with van der Waals surface area (Å²) in [4.78, 5) is 11.3. The summed E-state index contributed by atoms with van der Waals surface area (Å²) in [6, 6.07) is 18.0. The van der Waals surface area contributed by atoms with Gasteiger partial charge in [0.2, 0.25) is 0 Å². The number of methoxy groups -OCH3 is 2. The Hall–Kier alpha value is -4.18. The number of benzene rings is 3. The number of hydrogen-bond acceptors (Lipinski definition) is 6. The van der Waals surface area contributed by atoms with Crippen LogP contribution in [0.4, 0.5) is 13.2 Å². The Bertz CT molecular complexity index is 1240. The van der Waals surface area contributed by atoms with Crippen LogP contribution >= 0.6 is 0 Å². The second-order valence-electron chi connectivity index (χ2n) is 8.36. The lowest BCUT2D eigenvalue weighted by Gasteiger charge is -2.17. The molecule has 0 atom stereocenters. The van der Waals surface area contributed by atoms with Crippen LogP contribution in [-0.2, 0) is 24.4 Å². The van der Waals surface area contributed by atoms with Gasteiger partial charge in [-0.2, -0.15) is 13.2 Å². The third-order valence-corrected chi connectivity index (χ3v) is 5.65. The first-order valence-corrected chi connectivity index (χ1v) is 12.0. The summed E-state index contributed by atoms with van der Waals surface area (Å²) in [5, 5.41) is 11.2. The van der Waals surface area contributed by atoms with Crippen molar-refractivity contribution in [3.8, 4) is 23.0 Å². The number of ether oxygens (including phenoxy) is 4. The standard InChI is InChI=1S/C29H30F3NO6/c1-36-23-9-5-20(6-10-23)18-38-25-16-22(13-14-33-28(35)29(30,31)32)26(4-3-15-34)27(17-25)39-19-21-7-11-24(37-2)12-8-21/h3-12,16-17,34H,13-15,18-19H2,1-2H3,(H,33,35)/b4-3-. The van der Waals surface area contributed by atoms with Crippen LogP contribution < -0.4 is 24.3 Å². The maximum atomic E-state index is 12.7. The van der Waals surface area contributed by atoms with Gasteiger partial charge in [0.1, 0.15) is 36.2 Å². The van der Waals surface area contributed by atoms with Crippen molar-refractivity contribution in [1.82, 2.24) is 5.32 Å². The number of hydrogen-bond donors (Lipinski definition) is 2. The molecule has 3 aromatic rings. The number of carbonyl (C=O) groups excluding carboxylic acids is 1. The normalized spacial score (nSPS) is 11.3. The molecule has 0 saturated carbocycles. The third-order valence-electron chi connectivity index (χ3n) is 5.65. The highest BCUT2D eigenvalue weighted by atomic mass is 19.4. The Morgan fingerprint density at radius 3 is 1.95 bits per heavy atom. The molecule has 0 aliphatic rings. The smallest absolute Gasteiger partial charge is 0.471 e. The number of carbonyl (C=O) groups is 1. The summed E-state index contributed by atoms with van der Waals surface area (Å²) in [5.74, 6) is 0.213. The molecule has 10 heteroatoms. The Morgan fingerprint density at radius 1 is 0.872 bits per heavy atom. The fourth-order valence-corrected chi connectivity index (χ4v) is 3.61. The lowest BCUT2D eigenvalue weighted by Crippen LogP contribution is -2.37. The van der Waals surface area contributed by atoms with E-state index in [0.717, 1.165) is 11.1 Å². The number of alkyl halides is 3. The van der Waals surface area contributed by atoms with Gasteiger partial charge in [0.15, 0.2) is 0 Å². The molecule has 2 N–H and O–H groups in total. The highest BCUT2D eigenvalue weighted by Gasteiger charge is 2.38. The van der Waals surface area contributed by atoms with E-state index in [1.807, 2.05) is 29.6 Å². The molecule has 0 radical (unpaired) electrons. The lowest BCUT2D eigenvalue weighted by atomic mass is 10.0. The van der Waals surface area contributed by atoms with Crippen LogP contribution in [0.15, 0.2) is 66.7 Å². The monoisotopic (exact) mass is 545 g/mol. The minimum Gasteiger partial charge on any atom is -0.497 e. The van der Waals surface area contributed by atoms with E-state index in [2.05, 4.69) is 0 Å². The van der Waals surface area contributed by atoms with Crippen molar-refractivity contribution >= 4 is 12.0 Å². The van der Waals surface area contributed by atoms with Gasteiger partial charge in [-0.05, 0) is 53.4 Å². The first-order valence-electron chi connectivity index (χ1n) is 12.0. The van der Waals surface area contributed by atoms with Gasteiger partial charge in [-0.3, -0.25) is 4.79 Å². The van der Waals surface area contributed by atoms with Crippen LogP contribution in [0.2, 0.25) is 0 Å². The van der Waals surface area contributed by atoms with Crippen LogP contribution in [-0.4, -0.2) is 44.6 Å². The van der Waals surface area contributed by atoms with Crippen molar-refractivity contribution in [1.29, 1.82) is 0 Å². The van der Waals surface area contributed by atoms with E-state index in [9.17, 15) is 23.1 Å². The van der Waals surface area contributed by atoms with E-state index in [1.165, 1.54) is 6.08 Å². The average Bonchev–Trinajstić information content (AvgIpc) is 2.94. The number of aliphatic hydroxyl groups is 1. The van der Waals surface area contributed by atoms with Crippen LogP contribution in [0.3, 0.4) is 0 Å². The predicted molar refractivity (Wildman–Crippen MR) is 140 cm³/mol. The van der Waals surface area contributed by atoms with Gasteiger partial charge in [-0.25, -0.2) is 0 Å². The van der Waals surface area contributed by atoms with E-state index in [4.69, 9.17) is 18.9 Å². The van der Waals surface area contributed by atoms with E-state index in [0.29, 0.717) is 34.1 Å². The molecule has 7 nitrogen and oxygen atoms in total. The van der Waals surface area contributed by atoms with Crippen molar-refractivity contribution < 1.29 is 42.0 Å². The molecule has 3 aromatic carbocycles. The van der Waals surface area contributed by atoms with Gasteiger partial charge in [0, 0.05) is 18.2 Å². The molecule has 0 aliphatic heterocycles. The Kier molecular flexibility index (Phi) is 10.6. The molecule has 0 aromatic heterocycles. The quantitative estimate of drug-likeness (QED) is 0.311. The molecule has 3 rings (SSSR count). The molecule has 1 amide bonds. The number of halogens is 3. The molecule has 208 valence electrons. The zero-order valence-corrected chi connectivity index (χ0v) is 21.6. The zero-order valence-electron chi connectivity index (χ0n) is 21.6. The maximum Gasteiger partial charge on any atom is 0.471 e. The molecule has 0 heterocycles. The predicted octanol–water partition coefficient (Wildman–Crippen LogP) is 5.09. The number of nitrogens with one attached hydrogen (secondary N) is 1. The number of rotatable bonds is 13. The summed E-state index contributed by atoms with van der Waals surface area (Å²) < 4.78 is 60.4. The maximum absolute atomic E-state index is 12.7. The molecular formula is C29H30F3NO6. The first kappa shape index (κ1) is 29.4. The van der Waals surface area contributed by atoms with Crippen molar-refractivity contribution in [2.24, 2.45) is 0 Å². The van der Waals surface area contributed by atoms with E-state index >= 15 is 0 Å². The largest absolute Gasteiger partial charge is 0.497 e. The van der Waals surface area contributed by atoms with Crippen molar-refractivity contribution in [3.63, 3.8) is 0 Å². The molecule has 39 heavy (non-hydrogen) atoms. The fourth-order valence-electron chi connectivity index (χ4n) is 3.61. The third kappa shape index (κ3) is 8.96. The SMILES string of the molecule is COc1ccc(COc2cc(CCNC(=O)C(F)(F)F)c(/C=C\CO)c(OCc3ccc(OC)cc3)c2)cc1. The van der Waals surface area contributed by atoms with Crippen LogP contribution in [0, 0.1) is 0 Å². The van der Waals surface area contributed by atoms with Gasteiger partial charge in [-0.15, -0.1) is 0 Å². The van der Waals surface area contributed by atoms with Gasteiger partial charge in [-0.1, -0.05) is 36.4 Å². The van der Waals surface area contributed by atoms with Gasteiger partial charge in [0.05, 0.1) is 20.8 Å². The van der Waals surface area contributed by atoms with Gasteiger partial charge in [0.25, 0.3) is 0 Å². The lowest BCUT2D eigenvalue weighted by molar-refractivity contribution is -0.173. The summed E-state index contributed by atoms with van der Waals surface area (Å²) in [6.07, 6.45) is -1.80. The van der Waals surface area contributed by atoms with Gasteiger partial charge < -0.3 is 29.4 Å². The number of amides is 1. The van der Waals surface area contributed by atoms with Crippen LogP contribution in [0.1, 0.15) is 22.3 Å². The molecular weight excluding hydrogens is 515 g/mol. The molecule has 0 unspecified atom stereocenters. The second-order valence-corrected chi connectivity index (χ2v) is 8.36. The van der Waals surface area contributed by atoms with E-state index < -0.39 is 12.1 Å². The Morgan fingerprint density at radius 2 is 1.44 bits per heavy atom. The minimum absolute atomic E-state index is 0.0611. The van der Waals surface area contributed by atoms with E-state index in [1.54, 1.807) is 56.7 Å². The van der Waals surface area contributed by atoms with E-state index in [-0.39, 0.29) is 32.8 Å². The molecule has 0 spiro atoms. The molecule has 0 saturated heterocycles. The fraction of sp³-hybridized carbons (Fsp3) is 0.276. The van der Waals surface area contributed by atoms with Crippen LogP contribution in [0.5, 0.6) is 23.0 Å². The summed E-state index contributed by atoms with van der Waals surface area (Å²) in [5.41, 5.74) is 2.85. The molecule has 0 bridgehead atoms. The van der Waals surface area contributed by atoms with Crippen LogP contribution in [0.25, 0.3) is 6.08 Å². The topological polar surface area (TPSA) is 86.3 Å². The van der Waals surface area contributed by atoms with Crippen molar-refractivity contribution in [2.45, 2.75) is 25.8 Å². The highest BCUT2D eigenvalue weighted by Crippen LogP contribution is 2.32. The first-order chi connectivity index (χ1) is 18.7. The number of aliphatic hydroxyl groups excluding tert-OH is 1. The van der Waals surface area contributed by atoms with Crippen molar-refractivity contribution in [2.75, 3.05) is 27.4 Å². The Labute approximate surface area is 224 Å².